The van der Waals surface area contributed by atoms with E-state index in [1.807, 2.05) is 15.9 Å². The number of carbonyl (C=O) groups excluding carboxylic acids is 2. The van der Waals surface area contributed by atoms with E-state index in [2.05, 4.69) is 6.07 Å². The Kier molecular flexibility index (Phi) is 3.24. The van der Waals surface area contributed by atoms with Gasteiger partial charge in [-0.25, -0.2) is 0 Å². The number of carbonyl (C=O) groups is 2. The molecule has 4 heteroatoms. The summed E-state index contributed by atoms with van der Waals surface area (Å²) in [5, 5.41) is 0. The van der Waals surface area contributed by atoms with Crippen LogP contribution in [0.25, 0.3) is 0 Å². The van der Waals surface area contributed by atoms with E-state index >= 15 is 0 Å². The van der Waals surface area contributed by atoms with Gasteiger partial charge in [-0.1, -0.05) is 6.07 Å². The number of rotatable bonds is 0. The standard InChI is InChI=1S/C16H20N2O2/c1-11(19)17-7-3-5-13-9-14-6-4-8-18(12(2)20)16(14)10-15(13)17/h9-10H,3-8H2,1-2H3. The lowest BCUT2D eigenvalue weighted by Crippen LogP contribution is -2.36. The van der Waals surface area contributed by atoms with Gasteiger partial charge in [0.15, 0.2) is 0 Å². The minimum Gasteiger partial charge on any atom is -0.312 e. The molecule has 0 N–H and O–H groups in total. The highest BCUT2D eigenvalue weighted by Crippen LogP contribution is 2.37. The molecular formula is C16H20N2O2. The third-order valence-electron chi connectivity index (χ3n) is 4.28. The highest BCUT2D eigenvalue weighted by molar-refractivity contribution is 5.97. The van der Waals surface area contributed by atoms with Crippen molar-refractivity contribution in [3.05, 3.63) is 23.3 Å². The van der Waals surface area contributed by atoms with Crippen LogP contribution in [0.4, 0.5) is 11.4 Å². The third-order valence-corrected chi connectivity index (χ3v) is 4.28. The molecule has 20 heavy (non-hydrogen) atoms. The van der Waals surface area contributed by atoms with Gasteiger partial charge < -0.3 is 9.80 Å². The van der Waals surface area contributed by atoms with E-state index in [1.165, 1.54) is 11.1 Å². The first kappa shape index (κ1) is 13.2. The van der Waals surface area contributed by atoms with Crippen molar-refractivity contribution < 1.29 is 9.59 Å². The first-order valence-electron chi connectivity index (χ1n) is 7.30. The third kappa shape index (κ3) is 2.09. The maximum Gasteiger partial charge on any atom is 0.223 e. The van der Waals surface area contributed by atoms with Gasteiger partial charge in [-0.15, -0.1) is 0 Å². The molecule has 4 nitrogen and oxygen atoms in total. The average molecular weight is 272 g/mol. The predicted octanol–water partition coefficient (Wildman–Crippen LogP) is 2.28. The molecule has 2 aliphatic rings. The second kappa shape index (κ2) is 4.93. The fourth-order valence-electron chi connectivity index (χ4n) is 3.33. The molecule has 2 heterocycles. The molecule has 3 rings (SSSR count). The Labute approximate surface area is 119 Å². The van der Waals surface area contributed by atoms with E-state index in [4.69, 9.17) is 0 Å². The van der Waals surface area contributed by atoms with Crippen molar-refractivity contribution in [2.24, 2.45) is 0 Å². The summed E-state index contributed by atoms with van der Waals surface area (Å²) in [5.41, 5.74) is 4.48. The van der Waals surface area contributed by atoms with E-state index in [0.29, 0.717) is 0 Å². The number of anilines is 2. The number of aryl methyl sites for hydroxylation is 2. The van der Waals surface area contributed by atoms with Crippen LogP contribution in [0.3, 0.4) is 0 Å². The molecule has 0 unspecified atom stereocenters. The summed E-state index contributed by atoms with van der Waals surface area (Å²) in [6, 6.07) is 4.25. The molecular weight excluding hydrogens is 252 g/mol. The lowest BCUT2D eigenvalue weighted by atomic mass is 9.93. The van der Waals surface area contributed by atoms with E-state index in [9.17, 15) is 9.59 Å². The van der Waals surface area contributed by atoms with Crippen LogP contribution in [-0.2, 0) is 22.4 Å². The first-order chi connectivity index (χ1) is 9.58. The summed E-state index contributed by atoms with van der Waals surface area (Å²) in [4.78, 5) is 27.3. The van der Waals surface area contributed by atoms with Crippen LogP contribution in [0.15, 0.2) is 12.1 Å². The maximum atomic E-state index is 11.8. The number of amides is 2. The Morgan fingerprint density at radius 2 is 1.30 bits per heavy atom. The minimum absolute atomic E-state index is 0.0797. The molecule has 106 valence electrons. The van der Waals surface area contributed by atoms with Gasteiger partial charge >= 0.3 is 0 Å². The average Bonchev–Trinajstić information content (AvgIpc) is 2.43. The van der Waals surface area contributed by atoms with Gasteiger partial charge in [0.05, 0.1) is 0 Å². The van der Waals surface area contributed by atoms with Gasteiger partial charge in [-0.05, 0) is 42.9 Å². The van der Waals surface area contributed by atoms with Crippen LogP contribution in [0.5, 0.6) is 0 Å². The van der Waals surface area contributed by atoms with Crippen molar-refractivity contribution >= 4 is 23.2 Å². The summed E-state index contributed by atoms with van der Waals surface area (Å²) in [5.74, 6) is 0.159. The molecule has 2 amide bonds. The molecule has 0 spiro atoms. The monoisotopic (exact) mass is 272 g/mol. The Morgan fingerprint density at radius 1 is 0.850 bits per heavy atom. The Morgan fingerprint density at radius 3 is 1.70 bits per heavy atom. The first-order valence-corrected chi connectivity index (χ1v) is 7.30. The number of fused-ring (bicyclic) bond motifs is 2. The molecule has 0 fully saturated rings. The largest absolute Gasteiger partial charge is 0.312 e. The minimum atomic E-state index is 0.0797. The molecule has 2 aliphatic heterocycles. The lowest BCUT2D eigenvalue weighted by molar-refractivity contribution is -0.117. The van der Waals surface area contributed by atoms with Gasteiger partial charge in [0.1, 0.15) is 0 Å². The summed E-state index contributed by atoms with van der Waals surface area (Å²) in [6.07, 6.45) is 4.07. The van der Waals surface area contributed by atoms with Gasteiger partial charge in [0.2, 0.25) is 11.8 Å². The van der Waals surface area contributed by atoms with Crippen molar-refractivity contribution in [1.82, 2.24) is 0 Å². The van der Waals surface area contributed by atoms with Crippen molar-refractivity contribution in [2.45, 2.75) is 39.5 Å². The summed E-state index contributed by atoms with van der Waals surface area (Å²) >= 11 is 0. The molecule has 0 aromatic heterocycles. The second-order valence-electron chi connectivity index (χ2n) is 5.66. The van der Waals surface area contributed by atoms with E-state index in [1.54, 1.807) is 13.8 Å². The van der Waals surface area contributed by atoms with Crippen molar-refractivity contribution in [1.29, 1.82) is 0 Å². The van der Waals surface area contributed by atoms with Crippen molar-refractivity contribution in [3.8, 4) is 0 Å². The molecule has 1 aromatic carbocycles. The molecule has 0 aliphatic carbocycles. The molecule has 0 radical (unpaired) electrons. The maximum absolute atomic E-state index is 11.8. The summed E-state index contributed by atoms with van der Waals surface area (Å²) < 4.78 is 0. The van der Waals surface area contributed by atoms with Crippen molar-refractivity contribution in [2.75, 3.05) is 22.9 Å². The molecule has 0 bridgehead atoms. The summed E-state index contributed by atoms with van der Waals surface area (Å²) in [7, 11) is 0. The lowest BCUT2D eigenvalue weighted by Gasteiger charge is -2.34. The van der Waals surface area contributed by atoms with Crippen molar-refractivity contribution in [3.63, 3.8) is 0 Å². The zero-order valence-electron chi connectivity index (χ0n) is 12.1. The van der Waals surface area contributed by atoms with E-state index in [-0.39, 0.29) is 11.8 Å². The van der Waals surface area contributed by atoms with Gasteiger partial charge in [-0.3, -0.25) is 9.59 Å². The number of nitrogens with zero attached hydrogens (tertiary/aromatic N) is 2. The Hall–Kier alpha value is -1.84. The highest BCUT2D eigenvalue weighted by Gasteiger charge is 2.26. The molecule has 0 saturated carbocycles. The van der Waals surface area contributed by atoms with Gasteiger partial charge in [-0.2, -0.15) is 0 Å². The van der Waals surface area contributed by atoms with Crippen LogP contribution in [0.1, 0.15) is 37.8 Å². The SMILES string of the molecule is CC(=O)N1CCCc2cc3c(cc21)N(C(C)=O)CCC3. The van der Waals surface area contributed by atoms with Crippen LogP contribution >= 0.6 is 0 Å². The molecule has 1 aromatic rings. The van der Waals surface area contributed by atoms with Gasteiger partial charge in [0, 0.05) is 38.3 Å². The number of hydrogen-bond acceptors (Lipinski definition) is 2. The second-order valence-corrected chi connectivity index (χ2v) is 5.66. The quantitative estimate of drug-likeness (QED) is 0.727. The topological polar surface area (TPSA) is 40.6 Å². The fraction of sp³-hybridized carbons (Fsp3) is 0.500. The van der Waals surface area contributed by atoms with E-state index in [0.717, 1.165) is 50.1 Å². The van der Waals surface area contributed by atoms with Crippen LogP contribution < -0.4 is 9.80 Å². The zero-order chi connectivity index (χ0) is 14.3. The summed E-state index contributed by atoms with van der Waals surface area (Å²) in [6.45, 7) is 4.77. The van der Waals surface area contributed by atoms with Crippen LogP contribution in [0.2, 0.25) is 0 Å². The fourth-order valence-corrected chi connectivity index (χ4v) is 3.33. The van der Waals surface area contributed by atoms with Gasteiger partial charge in [0.25, 0.3) is 0 Å². The highest BCUT2D eigenvalue weighted by atomic mass is 16.2. The van der Waals surface area contributed by atoms with E-state index < -0.39 is 0 Å². The predicted molar refractivity (Wildman–Crippen MR) is 79.1 cm³/mol. The number of benzene rings is 1. The normalized spacial score (nSPS) is 17.5. The van der Waals surface area contributed by atoms with Crippen LogP contribution in [0, 0.1) is 0 Å². The molecule has 0 atom stereocenters. The zero-order valence-corrected chi connectivity index (χ0v) is 12.1. The smallest absolute Gasteiger partial charge is 0.223 e. The number of hydrogen-bond donors (Lipinski definition) is 0. The molecule has 0 saturated heterocycles. The Bertz CT molecular complexity index is 533. The van der Waals surface area contributed by atoms with Crippen LogP contribution in [-0.4, -0.2) is 24.9 Å². The Balaban J connectivity index is 2.11.